The predicted molar refractivity (Wildman–Crippen MR) is 98.0 cm³/mol. The van der Waals surface area contributed by atoms with Gasteiger partial charge in [0.1, 0.15) is 0 Å². The highest BCUT2D eigenvalue weighted by molar-refractivity contribution is 7.99. The lowest BCUT2D eigenvalue weighted by Crippen LogP contribution is -2.29. The van der Waals surface area contributed by atoms with Gasteiger partial charge in [-0.15, -0.1) is 11.8 Å². The summed E-state index contributed by atoms with van der Waals surface area (Å²) in [7, 11) is 1.33. The van der Waals surface area contributed by atoms with Crippen molar-refractivity contribution in [2.24, 2.45) is 0 Å². The Bertz CT molecular complexity index is 740. The van der Waals surface area contributed by atoms with Crippen LogP contribution < -0.4 is 10.1 Å². The molecule has 2 aromatic rings. The van der Waals surface area contributed by atoms with Gasteiger partial charge >= 0.3 is 5.97 Å². The van der Waals surface area contributed by atoms with Gasteiger partial charge in [-0.05, 0) is 42.5 Å². The molecule has 0 aliphatic rings. The Morgan fingerprint density at radius 1 is 1.15 bits per heavy atom. The zero-order valence-electron chi connectivity index (χ0n) is 14.4. The largest absolute Gasteiger partial charge is 0.494 e. The van der Waals surface area contributed by atoms with E-state index in [4.69, 9.17) is 9.47 Å². The van der Waals surface area contributed by atoms with E-state index in [9.17, 15) is 14.0 Å². The molecule has 26 heavy (non-hydrogen) atoms. The normalized spacial score (nSPS) is 10.2. The number of amides is 1. The highest BCUT2D eigenvalue weighted by Gasteiger charge is 2.13. The fourth-order valence-electron chi connectivity index (χ4n) is 2.07. The van der Waals surface area contributed by atoms with Crippen LogP contribution in [0.1, 0.15) is 16.8 Å². The first-order valence-electron chi connectivity index (χ1n) is 8.05. The molecule has 0 saturated heterocycles. The first kappa shape index (κ1) is 19.8. The monoisotopic (exact) mass is 377 g/mol. The van der Waals surface area contributed by atoms with Crippen LogP contribution in [0.5, 0.6) is 5.75 Å². The number of esters is 1. The van der Waals surface area contributed by atoms with Crippen molar-refractivity contribution in [1.29, 1.82) is 0 Å². The average molecular weight is 377 g/mol. The molecular weight excluding hydrogens is 357 g/mol. The van der Waals surface area contributed by atoms with E-state index in [1.807, 2.05) is 30.3 Å². The van der Waals surface area contributed by atoms with Gasteiger partial charge in [-0.2, -0.15) is 0 Å². The van der Waals surface area contributed by atoms with E-state index in [2.05, 4.69) is 5.32 Å². The molecule has 0 spiro atoms. The summed E-state index contributed by atoms with van der Waals surface area (Å²) in [6, 6.07) is 13.7. The van der Waals surface area contributed by atoms with Crippen LogP contribution in [0, 0.1) is 5.82 Å². The van der Waals surface area contributed by atoms with Gasteiger partial charge in [0.2, 0.25) is 0 Å². The molecular formula is C19H20FNO4S. The maximum Gasteiger partial charge on any atom is 0.338 e. The molecule has 0 saturated carbocycles. The first-order chi connectivity index (χ1) is 12.6. The van der Waals surface area contributed by atoms with E-state index in [-0.39, 0.29) is 11.3 Å². The molecule has 0 unspecified atom stereocenters. The Morgan fingerprint density at radius 2 is 1.92 bits per heavy atom. The smallest absolute Gasteiger partial charge is 0.338 e. The summed E-state index contributed by atoms with van der Waals surface area (Å²) >= 11 is 1.71. The van der Waals surface area contributed by atoms with Crippen LogP contribution in [0.4, 0.5) is 4.39 Å². The van der Waals surface area contributed by atoms with Gasteiger partial charge in [0.05, 0.1) is 12.7 Å². The van der Waals surface area contributed by atoms with Crippen LogP contribution in [-0.2, 0) is 9.53 Å². The fourth-order valence-corrected chi connectivity index (χ4v) is 2.94. The Balaban J connectivity index is 1.63. The molecule has 0 radical (unpaired) electrons. The van der Waals surface area contributed by atoms with E-state index in [1.165, 1.54) is 24.1 Å². The van der Waals surface area contributed by atoms with E-state index in [0.717, 1.165) is 18.2 Å². The number of halogens is 1. The van der Waals surface area contributed by atoms with E-state index in [0.29, 0.717) is 6.54 Å². The summed E-state index contributed by atoms with van der Waals surface area (Å²) in [5, 5.41) is 2.68. The number of carbonyl (C=O) groups is 2. The number of carbonyl (C=O) groups excluding carboxylic acids is 2. The summed E-state index contributed by atoms with van der Waals surface area (Å²) in [6.45, 7) is 0.0890. The molecule has 138 valence electrons. The Kier molecular flexibility index (Phi) is 7.95. The second kappa shape index (κ2) is 10.5. The third-order valence-corrected chi connectivity index (χ3v) is 4.48. The van der Waals surface area contributed by atoms with E-state index < -0.39 is 24.3 Å². The molecule has 2 rings (SSSR count). The van der Waals surface area contributed by atoms with E-state index >= 15 is 0 Å². The van der Waals surface area contributed by atoms with Crippen LogP contribution in [-0.4, -0.2) is 37.9 Å². The topological polar surface area (TPSA) is 64.6 Å². The number of thioether (sulfide) groups is 1. The van der Waals surface area contributed by atoms with Gasteiger partial charge in [-0.25, -0.2) is 9.18 Å². The number of benzene rings is 2. The molecule has 5 nitrogen and oxygen atoms in total. The number of ether oxygens (including phenoxy) is 2. The summed E-state index contributed by atoms with van der Waals surface area (Å²) in [6.07, 6.45) is 0.795. The van der Waals surface area contributed by atoms with Crippen molar-refractivity contribution in [3.05, 3.63) is 59.9 Å². The number of nitrogens with one attached hydrogen (secondary N) is 1. The highest BCUT2D eigenvalue weighted by Crippen LogP contribution is 2.18. The van der Waals surface area contributed by atoms with Gasteiger partial charge in [-0.1, -0.05) is 18.2 Å². The number of rotatable bonds is 9. The number of methoxy groups -OCH3 is 1. The summed E-state index contributed by atoms with van der Waals surface area (Å²) in [5.74, 6) is -0.914. The van der Waals surface area contributed by atoms with Gasteiger partial charge in [0.15, 0.2) is 18.2 Å². The second-order valence-corrected chi connectivity index (χ2v) is 6.46. The maximum absolute atomic E-state index is 13.6. The minimum Gasteiger partial charge on any atom is -0.494 e. The molecule has 0 aliphatic carbocycles. The molecule has 0 heterocycles. The maximum atomic E-state index is 13.6. The van der Waals surface area contributed by atoms with Crippen LogP contribution >= 0.6 is 11.8 Å². The molecule has 2 aromatic carbocycles. The Morgan fingerprint density at radius 3 is 2.62 bits per heavy atom. The standard InChI is InChI=1S/C19H20FNO4S/c1-24-17-9-8-14(12-16(17)20)19(23)25-13-18(22)21-10-5-11-26-15-6-3-2-4-7-15/h2-4,6-9,12H,5,10-11,13H2,1H3,(H,21,22). The minimum absolute atomic E-state index is 0.0235. The third kappa shape index (κ3) is 6.40. The lowest BCUT2D eigenvalue weighted by molar-refractivity contribution is -0.124. The van der Waals surface area contributed by atoms with Crippen LogP contribution in [0.15, 0.2) is 53.4 Å². The molecule has 0 bridgehead atoms. The average Bonchev–Trinajstić information content (AvgIpc) is 2.66. The summed E-state index contributed by atoms with van der Waals surface area (Å²) < 4.78 is 23.2. The zero-order valence-corrected chi connectivity index (χ0v) is 15.2. The SMILES string of the molecule is COc1ccc(C(=O)OCC(=O)NCCCSc2ccccc2)cc1F. The van der Waals surface area contributed by atoms with Crippen molar-refractivity contribution in [3.63, 3.8) is 0 Å². The third-order valence-electron chi connectivity index (χ3n) is 3.38. The van der Waals surface area contributed by atoms with Crippen molar-refractivity contribution in [2.45, 2.75) is 11.3 Å². The van der Waals surface area contributed by atoms with Crippen molar-refractivity contribution >= 4 is 23.6 Å². The van der Waals surface area contributed by atoms with Crippen LogP contribution in [0.25, 0.3) is 0 Å². The molecule has 0 aliphatic heterocycles. The number of hydrogen-bond donors (Lipinski definition) is 1. The number of hydrogen-bond acceptors (Lipinski definition) is 5. The second-order valence-electron chi connectivity index (χ2n) is 5.29. The molecule has 1 N–H and O–H groups in total. The van der Waals surface area contributed by atoms with E-state index in [1.54, 1.807) is 11.8 Å². The lowest BCUT2D eigenvalue weighted by atomic mass is 10.2. The first-order valence-corrected chi connectivity index (χ1v) is 9.04. The predicted octanol–water partition coefficient (Wildman–Crippen LogP) is 3.29. The quantitative estimate of drug-likeness (QED) is 0.413. The van der Waals surface area contributed by atoms with Crippen molar-refractivity contribution in [3.8, 4) is 5.75 Å². The molecule has 0 fully saturated rings. The summed E-state index contributed by atoms with van der Waals surface area (Å²) in [5.41, 5.74) is 0.0235. The highest BCUT2D eigenvalue weighted by atomic mass is 32.2. The molecule has 0 aromatic heterocycles. The van der Waals surface area contributed by atoms with Gasteiger partial charge in [-0.3, -0.25) is 4.79 Å². The van der Waals surface area contributed by atoms with Gasteiger partial charge in [0.25, 0.3) is 5.91 Å². The van der Waals surface area contributed by atoms with Crippen molar-refractivity contribution in [1.82, 2.24) is 5.32 Å². The van der Waals surface area contributed by atoms with Crippen molar-refractivity contribution < 1.29 is 23.5 Å². The lowest BCUT2D eigenvalue weighted by Gasteiger charge is -2.07. The molecule has 1 amide bonds. The zero-order chi connectivity index (χ0) is 18.8. The van der Waals surface area contributed by atoms with Gasteiger partial charge < -0.3 is 14.8 Å². The van der Waals surface area contributed by atoms with Crippen LogP contribution in [0.2, 0.25) is 0 Å². The summed E-state index contributed by atoms with van der Waals surface area (Å²) in [4.78, 5) is 24.7. The Hall–Kier alpha value is -2.54. The van der Waals surface area contributed by atoms with Gasteiger partial charge in [0, 0.05) is 11.4 Å². The molecule has 7 heteroatoms. The van der Waals surface area contributed by atoms with Crippen LogP contribution in [0.3, 0.4) is 0 Å². The van der Waals surface area contributed by atoms with Crippen molar-refractivity contribution in [2.75, 3.05) is 26.0 Å². The fraction of sp³-hybridized carbons (Fsp3) is 0.263. The minimum atomic E-state index is -0.763. The molecule has 0 atom stereocenters. The Labute approximate surface area is 155 Å².